The van der Waals surface area contributed by atoms with Crippen molar-refractivity contribution in [2.75, 3.05) is 27.7 Å². The molecule has 5 nitrogen and oxygen atoms in total. The standard InChI is InChI=1S/C14H21N3O2S/c1-15-20(18,19)10-11-4-5-14-13(8-11)12(9-16-14)6-7-17(2)3/h4-5,8-9,15-16H,6-7,10H2,1-3H3/i1+2. The van der Waals surface area contributed by atoms with E-state index in [9.17, 15) is 8.42 Å². The van der Waals surface area contributed by atoms with Gasteiger partial charge in [-0.3, -0.25) is 0 Å². The predicted molar refractivity (Wildman–Crippen MR) is 82.2 cm³/mol. The van der Waals surface area contributed by atoms with E-state index in [1.807, 2.05) is 38.5 Å². The summed E-state index contributed by atoms with van der Waals surface area (Å²) in [5.74, 6) is 0.0116. The number of nitrogens with zero attached hydrogens (tertiary/aromatic N) is 1. The van der Waals surface area contributed by atoms with Crippen LogP contribution in [0.15, 0.2) is 24.4 Å². The zero-order valence-electron chi connectivity index (χ0n) is 12.1. The fourth-order valence-corrected chi connectivity index (χ4v) is 2.92. The lowest BCUT2D eigenvalue weighted by molar-refractivity contribution is 0.414. The Hall–Kier alpha value is -1.37. The highest BCUT2D eigenvalue weighted by Gasteiger charge is 2.11. The minimum absolute atomic E-state index is 0.0116. The van der Waals surface area contributed by atoms with Crippen LogP contribution in [0.1, 0.15) is 11.1 Å². The molecule has 2 N–H and O–H groups in total. The minimum atomic E-state index is -3.23. The van der Waals surface area contributed by atoms with Crippen LogP contribution in [0.25, 0.3) is 10.9 Å². The van der Waals surface area contributed by atoms with E-state index in [1.165, 1.54) is 12.6 Å². The Balaban J connectivity index is 2.29. The molecule has 2 rings (SSSR count). The van der Waals surface area contributed by atoms with Gasteiger partial charge in [-0.1, -0.05) is 6.07 Å². The van der Waals surface area contributed by atoms with Crippen LogP contribution in [-0.2, 0) is 22.2 Å². The molecule has 0 atom stereocenters. The molecule has 0 fully saturated rings. The topological polar surface area (TPSA) is 65.2 Å². The normalized spacial score (nSPS) is 12.4. The van der Waals surface area contributed by atoms with Gasteiger partial charge in [0.15, 0.2) is 0 Å². The fraction of sp³-hybridized carbons (Fsp3) is 0.429. The molecule has 110 valence electrons. The van der Waals surface area contributed by atoms with Gasteiger partial charge in [0.25, 0.3) is 0 Å². The monoisotopic (exact) mass is 297 g/mol. The predicted octanol–water partition coefficient (Wildman–Crippen LogP) is 1.32. The summed E-state index contributed by atoms with van der Waals surface area (Å²) in [5, 5.41) is 1.11. The first-order chi connectivity index (χ1) is 9.41. The molecule has 0 spiro atoms. The molecule has 2 aromatic rings. The maximum atomic E-state index is 11.6. The average molecular weight is 297 g/mol. The van der Waals surface area contributed by atoms with Crippen LogP contribution in [-0.4, -0.2) is 46.0 Å². The van der Waals surface area contributed by atoms with Gasteiger partial charge in [0.05, 0.1) is 5.75 Å². The summed E-state index contributed by atoms with van der Waals surface area (Å²) in [6.45, 7) is 0.964. The second-order valence-electron chi connectivity index (χ2n) is 5.21. The lowest BCUT2D eigenvalue weighted by Crippen LogP contribution is -2.20. The zero-order chi connectivity index (χ0) is 14.8. The molecule has 1 heterocycles. The number of H-pyrrole nitrogens is 1. The van der Waals surface area contributed by atoms with Gasteiger partial charge in [-0.05, 0) is 50.8 Å². The van der Waals surface area contributed by atoms with Crippen LogP contribution in [0.5, 0.6) is 0 Å². The van der Waals surface area contributed by atoms with E-state index in [1.54, 1.807) is 0 Å². The van der Waals surface area contributed by atoms with Crippen LogP contribution in [0.4, 0.5) is 0 Å². The van der Waals surface area contributed by atoms with Crippen molar-refractivity contribution in [3.05, 3.63) is 35.5 Å². The van der Waals surface area contributed by atoms with Crippen LogP contribution in [0.3, 0.4) is 0 Å². The van der Waals surface area contributed by atoms with E-state index < -0.39 is 10.0 Å². The maximum Gasteiger partial charge on any atom is 0.215 e. The summed E-state index contributed by atoms with van der Waals surface area (Å²) in [7, 11) is 2.29. The molecule has 0 unspecified atom stereocenters. The molecule has 0 radical (unpaired) electrons. The molecule has 0 aliphatic carbocycles. The molecule has 1 aromatic heterocycles. The maximum absolute atomic E-state index is 11.6. The SMILES string of the molecule is CN(C)CCc1c[nH]c2ccc(CS(=O)(=O)N[14CH3])cc12. The van der Waals surface area contributed by atoms with Crippen molar-refractivity contribution in [3.8, 4) is 0 Å². The van der Waals surface area contributed by atoms with Gasteiger partial charge in [0.1, 0.15) is 0 Å². The third kappa shape index (κ3) is 3.59. The molecule has 20 heavy (non-hydrogen) atoms. The Bertz CT molecular complexity index is 690. The highest BCUT2D eigenvalue weighted by Crippen LogP contribution is 2.21. The number of nitrogens with one attached hydrogen (secondary N) is 2. The third-order valence-corrected chi connectivity index (χ3v) is 4.66. The smallest absolute Gasteiger partial charge is 0.215 e. The third-order valence-electron chi connectivity index (χ3n) is 3.33. The molecular weight excluding hydrogens is 276 g/mol. The van der Waals surface area contributed by atoms with Crippen molar-refractivity contribution in [3.63, 3.8) is 0 Å². The zero-order valence-corrected chi connectivity index (χ0v) is 12.9. The number of likely N-dealkylation sites (N-methyl/N-ethyl adjacent to an activating group) is 1. The molecule has 0 saturated carbocycles. The fourth-order valence-electron chi connectivity index (χ4n) is 2.16. The first kappa shape index (κ1) is 15.0. The van der Waals surface area contributed by atoms with Gasteiger partial charge in [-0.2, -0.15) is 0 Å². The van der Waals surface area contributed by atoms with E-state index in [4.69, 9.17) is 0 Å². The van der Waals surface area contributed by atoms with Crippen molar-refractivity contribution in [1.29, 1.82) is 0 Å². The second kappa shape index (κ2) is 5.95. The first-order valence-electron chi connectivity index (χ1n) is 6.56. The highest BCUT2D eigenvalue weighted by atomic mass is 32.2. The Morgan fingerprint density at radius 1 is 1.35 bits per heavy atom. The van der Waals surface area contributed by atoms with Gasteiger partial charge in [-0.25, -0.2) is 13.1 Å². The van der Waals surface area contributed by atoms with Crippen molar-refractivity contribution in [1.82, 2.24) is 14.6 Å². The number of aromatic nitrogens is 1. The Kier molecular flexibility index (Phi) is 4.47. The summed E-state index contributed by atoms with van der Waals surface area (Å²) in [6.07, 6.45) is 2.94. The molecule has 6 heteroatoms. The Morgan fingerprint density at radius 3 is 2.75 bits per heavy atom. The summed E-state index contributed by atoms with van der Waals surface area (Å²) < 4.78 is 25.6. The van der Waals surface area contributed by atoms with Crippen LogP contribution >= 0.6 is 0 Å². The number of hydrogen-bond donors (Lipinski definition) is 2. The summed E-state index contributed by atoms with van der Waals surface area (Å²) in [4.78, 5) is 5.37. The number of aromatic amines is 1. The molecule has 0 aliphatic rings. The summed E-state index contributed by atoms with van der Waals surface area (Å²) in [6, 6.07) is 5.75. The highest BCUT2D eigenvalue weighted by molar-refractivity contribution is 7.88. The van der Waals surface area contributed by atoms with Crippen molar-refractivity contribution in [2.45, 2.75) is 12.2 Å². The largest absolute Gasteiger partial charge is 0.361 e. The van der Waals surface area contributed by atoms with Crippen molar-refractivity contribution >= 4 is 20.9 Å². The van der Waals surface area contributed by atoms with Gasteiger partial charge in [-0.15, -0.1) is 0 Å². The van der Waals surface area contributed by atoms with Gasteiger partial charge < -0.3 is 9.88 Å². The minimum Gasteiger partial charge on any atom is -0.361 e. The molecular formula is C14H21N3O2S. The number of benzene rings is 1. The van der Waals surface area contributed by atoms with E-state index in [2.05, 4.69) is 14.6 Å². The van der Waals surface area contributed by atoms with Crippen molar-refractivity contribution in [2.24, 2.45) is 0 Å². The van der Waals surface area contributed by atoms with Crippen molar-refractivity contribution < 1.29 is 8.42 Å². The summed E-state index contributed by atoms with van der Waals surface area (Å²) >= 11 is 0. The number of fused-ring (bicyclic) bond motifs is 1. The average Bonchev–Trinajstić information content (AvgIpc) is 2.78. The van der Waals surface area contributed by atoms with E-state index in [-0.39, 0.29) is 5.75 Å². The number of hydrogen-bond acceptors (Lipinski definition) is 3. The van der Waals surface area contributed by atoms with E-state index in [0.717, 1.165) is 29.4 Å². The number of sulfonamides is 1. The lowest BCUT2D eigenvalue weighted by atomic mass is 10.1. The van der Waals surface area contributed by atoms with Gasteiger partial charge in [0, 0.05) is 23.6 Å². The quantitative estimate of drug-likeness (QED) is 0.845. The molecule has 1 aromatic carbocycles. The second-order valence-corrected chi connectivity index (χ2v) is 7.14. The summed E-state index contributed by atoms with van der Waals surface area (Å²) in [5.41, 5.74) is 3.07. The van der Waals surface area contributed by atoms with Crippen LogP contribution < -0.4 is 4.72 Å². The van der Waals surface area contributed by atoms with Gasteiger partial charge >= 0.3 is 0 Å². The molecule has 0 bridgehead atoms. The van der Waals surface area contributed by atoms with Gasteiger partial charge in [0.2, 0.25) is 10.0 Å². The van der Waals surface area contributed by atoms with E-state index in [0.29, 0.717) is 0 Å². The van der Waals surface area contributed by atoms with E-state index >= 15 is 0 Å². The van der Waals surface area contributed by atoms with Crippen LogP contribution in [0, 0.1) is 0 Å². The Labute approximate surface area is 120 Å². The van der Waals surface area contributed by atoms with Crippen LogP contribution in [0.2, 0.25) is 0 Å². The first-order valence-corrected chi connectivity index (χ1v) is 8.21. The molecule has 0 aliphatic heterocycles. The molecule has 0 saturated heterocycles. The molecule has 0 amide bonds. The number of rotatable bonds is 6. The lowest BCUT2D eigenvalue weighted by Gasteiger charge is -2.08. The Morgan fingerprint density at radius 2 is 2.10 bits per heavy atom.